The molecular formula is C16H14N2O3S. The van der Waals surface area contributed by atoms with Crippen molar-refractivity contribution in [1.82, 2.24) is 9.55 Å². The minimum absolute atomic E-state index is 0.288. The quantitative estimate of drug-likeness (QED) is 0.803. The van der Waals surface area contributed by atoms with Crippen LogP contribution in [0.3, 0.4) is 0 Å². The van der Waals surface area contributed by atoms with Crippen LogP contribution >= 0.6 is 11.3 Å². The molecule has 22 heavy (non-hydrogen) atoms. The average molecular weight is 314 g/mol. The maximum atomic E-state index is 12.8. The first-order chi connectivity index (χ1) is 10.6. The van der Waals surface area contributed by atoms with Gasteiger partial charge in [-0.15, -0.1) is 11.3 Å². The minimum Gasteiger partial charge on any atom is -0.480 e. The van der Waals surface area contributed by atoms with Crippen LogP contribution in [-0.4, -0.2) is 20.6 Å². The van der Waals surface area contributed by atoms with Crippen molar-refractivity contribution in [3.05, 3.63) is 51.9 Å². The number of hydrogen-bond donors (Lipinski definition) is 1. The highest BCUT2D eigenvalue weighted by atomic mass is 32.1. The molecule has 0 aliphatic carbocycles. The molecule has 0 aliphatic rings. The molecule has 1 aromatic carbocycles. The van der Waals surface area contributed by atoms with Gasteiger partial charge in [0, 0.05) is 17.4 Å². The van der Waals surface area contributed by atoms with E-state index in [0.717, 1.165) is 11.1 Å². The predicted molar refractivity (Wildman–Crippen MR) is 86.3 cm³/mol. The zero-order chi connectivity index (χ0) is 15.7. The van der Waals surface area contributed by atoms with Gasteiger partial charge in [-0.25, -0.2) is 4.98 Å². The van der Waals surface area contributed by atoms with E-state index in [2.05, 4.69) is 4.98 Å². The second-order valence-corrected chi connectivity index (χ2v) is 5.72. The van der Waals surface area contributed by atoms with Crippen molar-refractivity contribution in [2.45, 2.75) is 19.9 Å². The Morgan fingerprint density at radius 2 is 2.05 bits per heavy atom. The average Bonchev–Trinajstić information content (AvgIpc) is 2.94. The summed E-state index contributed by atoms with van der Waals surface area (Å²) >= 11 is 1.41. The second-order valence-electron chi connectivity index (χ2n) is 4.86. The number of carboxylic acid groups (broad SMARTS) is 1. The highest BCUT2D eigenvalue weighted by Gasteiger charge is 2.17. The summed E-state index contributed by atoms with van der Waals surface area (Å²) in [6.45, 7) is 1.49. The van der Waals surface area contributed by atoms with Crippen LogP contribution in [0.2, 0.25) is 0 Å². The van der Waals surface area contributed by atoms with Crippen LogP contribution in [0.15, 0.2) is 40.5 Å². The van der Waals surface area contributed by atoms with Crippen molar-refractivity contribution >= 4 is 27.5 Å². The molecule has 2 aromatic heterocycles. The number of benzene rings is 1. The highest BCUT2D eigenvalue weighted by Crippen LogP contribution is 2.30. The molecular weight excluding hydrogens is 300 g/mol. The minimum atomic E-state index is -1.05. The summed E-state index contributed by atoms with van der Waals surface area (Å²) in [4.78, 5) is 28.9. The van der Waals surface area contributed by atoms with E-state index in [1.54, 1.807) is 0 Å². The van der Waals surface area contributed by atoms with Crippen molar-refractivity contribution in [3.63, 3.8) is 0 Å². The monoisotopic (exact) mass is 314 g/mol. The van der Waals surface area contributed by atoms with Crippen molar-refractivity contribution in [3.8, 4) is 11.1 Å². The molecule has 1 N–H and O–H groups in total. The summed E-state index contributed by atoms with van der Waals surface area (Å²) in [5, 5.41) is 11.4. The lowest BCUT2D eigenvalue weighted by Crippen LogP contribution is -2.28. The predicted octanol–water partition coefficient (Wildman–Crippen LogP) is 2.77. The largest absolute Gasteiger partial charge is 0.480 e. The molecule has 0 spiro atoms. The first kappa shape index (κ1) is 14.5. The number of nitrogens with zero attached hydrogens (tertiary/aromatic N) is 2. The molecule has 0 aliphatic heterocycles. The van der Waals surface area contributed by atoms with Crippen LogP contribution in [0.5, 0.6) is 0 Å². The number of hydrogen-bond acceptors (Lipinski definition) is 4. The van der Waals surface area contributed by atoms with Crippen molar-refractivity contribution < 1.29 is 9.90 Å². The van der Waals surface area contributed by atoms with E-state index in [-0.39, 0.29) is 12.1 Å². The molecule has 0 bridgehead atoms. The van der Waals surface area contributed by atoms with Gasteiger partial charge in [-0.3, -0.25) is 14.2 Å². The van der Waals surface area contributed by atoms with Crippen molar-refractivity contribution in [2.24, 2.45) is 0 Å². The molecule has 3 rings (SSSR count). The lowest BCUT2D eigenvalue weighted by atomic mass is 10.1. The van der Waals surface area contributed by atoms with Crippen molar-refractivity contribution in [2.75, 3.05) is 0 Å². The van der Waals surface area contributed by atoms with Crippen LogP contribution in [0.1, 0.15) is 12.7 Å². The van der Waals surface area contributed by atoms with Gasteiger partial charge in [-0.2, -0.15) is 0 Å². The topological polar surface area (TPSA) is 72.2 Å². The summed E-state index contributed by atoms with van der Waals surface area (Å²) in [5.41, 5.74) is 1.45. The van der Waals surface area contributed by atoms with Crippen LogP contribution in [-0.2, 0) is 17.8 Å². The lowest BCUT2D eigenvalue weighted by Gasteiger charge is -2.09. The Bertz CT molecular complexity index is 897. The third-order valence-electron chi connectivity index (χ3n) is 3.47. The van der Waals surface area contributed by atoms with E-state index >= 15 is 0 Å². The van der Waals surface area contributed by atoms with Gasteiger partial charge in [-0.1, -0.05) is 37.3 Å². The van der Waals surface area contributed by atoms with Gasteiger partial charge in [0.2, 0.25) is 0 Å². The molecule has 2 heterocycles. The van der Waals surface area contributed by atoms with E-state index in [4.69, 9.17) is 5.11 Å². The van der Waals surface area contributed by atoms with E-state index < -0.39 is 5.97 Å². The maximum absolute atomic E-state index is 12.8. The fourth-order valence-corrected chi connectivity index (χ4v) is 3.42. The maximum Gasteiger partial charge on any atom is 0.323 e. The molecule has 0 fully saturated rings. The van der Waals surface area contributed by atoms with Gasteiger partial charge >= 0.3 is 5.97 Å². The molecule has 3 aromatic rings. The SMILES string of the molecule is CCc1nc2scc(-c3ccccc3)c2c(=O)n1CC(=O)O. The highest BCUT2D eigenvalue weighted by molar-refractivity contribution is 7.17. The second kappa shape index (κ2) is 5.73. The first-order valence-corrected chi connectivity index (χ1v) is 7.78. The molecule has 0 atom stereocenters. The normalized spacial score (nSPS) is 11.0. The lowest BCUT2D eigenvalue weighted by molar-refractivity contribution is -0.137. The first-order valence-electron chi connectivity index (χ1n) is 6.90. The number of fused-ring (bicyclic) bond motifs is 1. The van der Waals surface area contributed by atoms with Gasteiger partial charge < -0.3 is 5.11 Å². The summed E-state index contributed by atoms with van der Waals surface area (Å²) in [6, 6.07) is 9.57. The molecule has 6 heteroatoms. The Kier molecular flexibility index (Phi) is 3.77. The number of rotatable bonds is 4. The summed E-state index contributed by atoms with van der Waals surface area (Å²) < 4.78 is 1.25. The Morgan fingerprint density at radius 3 is 2.68 bits per heavy atom. The van der Waals surface area contributed by atoms with Gasteiger partial charge in [-0.05, 0) is 5.56 Å². The number of thiophene rings is 1. The summed E-state index contributed by atoms with van der Waals surface area (Å²) in [7, 11) is 0. The smallest absolute Gasteiger partial charge is 0.323 e. The molecule has 0 saturated heterocycles. The number of carbonyl (C=O) groups is 1. The zero-order valence-corrected chi connectivity index (χ0v) is 12.8. The van der Waals surface area contributed by atoms with Crippen LogP contribution in [0, 0.1) is 0 Å². The van der Waals surface area contributed by atoms with E-state index in [0.29, 0.717) is 22.5 Å². The Labute approximate surface area is 130 Å². The van der Waals surface area contributed by atoms with Crippen LogP contribution < -0.4 is 5.56 Å². The van der Waals surface area contributed by atoms with E-state index in [9.17, 15) is 9.59 Å². The fraction of sp³-hybridized carbons (Fsp3) is 0.188. The Balaban J connectivity index is 2.31. The summed E-state index contributed by atoms with van der Waals surface area (Å²) in [5.74, 6) is -0.546. The standard InChI is InChI=1S/C16H14N2O3S/c1-2-12-17-15-14(16(21)18(12)8-13(19)20)11(9-22-15)10-6-4-3-5-7-10/h3-7,9H,2,8H2,1H3,(H,19,20). The third kappa shape index (κ3) is 2.42. The van der Waals surface area contributed by atoms with Gasteiger partial charge in [0.1, 0.15) is 17.2 Å². The number of aromatic nitrogens is 2. The number of aryl methyl sites for hydroxylation is 1. The molecule has 112 valence electrons. The summed E-state index contributed by atoms with van der Waals surface area (Å²) in [6.07, 6.45) is 0.511. The molecule has 0 radical (unpaired) electrons. The van der Waals surface area contributed by atoms with E-state index in [1.807, 2.05) is 42.6 Å². The number of aliphatic carboxylic acids is 1. The molecule has 0 unspecified atom stereocenters. The zero-order valence-electron chi connectivity index (χ0n) is 11.9. The van der Waals surface area contributed by atoms with Gasteiger partial charge in [0.05, 0.1) is 5.39 Å². The van der Waals surface area contributed by atoms with Crippen LogP contribution in [0.25, 0.3) is 21.3 Å². The Morgan fingerprint density at radius 1 is 1.32 bits per heavy atom. The van der Waals surface area contributed by atoms with Gasteiger partial charge in [0.15, 0.2) is 0 Å². The molecule has 0 saturated carbocycles. The van der Waals surface area contributed by atoms with Crippen LogP contribution in [0.4, 0.5) is 0 Å². The molecule has 5 nitrogen and oxygen atoms in total. The van der Waals surface area contributed by atoms with E-state index in [1.165, 1.54) is 15.9 Å². The van der Waals surface area contributed by atoms with Crippen molar-refractivity contribution in [1.29, 1.82) is 0 Å². The molecule has 0 amide bonds. The Hall–Kier alpha value is -2.47. The fourth-order valence-electron chi connectivity index (χ4n) is 2.46. The third-order valence-corrected chi connectivity index (χ3v) is 4.34. The number of carboxylic acids is 1. The van der Waals surface area contributed by atoms with Gasteiger partial charge in [0.25, 0.3) is 5.56 Å².